The molecule has 3 aromatic carbocycles. The molecule has 2 aromatic heterocycles. The Morgan fingerprint density at radius 3 is 2.38 bits per heavy atom. The fourth-order valence-corrected chi connectivity index (χ4v) is 3.36. The topological polar surface area (TPSA) is 95.9 Å². The van der Waals surface area contributed by atoms with E-state index < -0.39 is 11.9 Å². The van der Waals surface area contributed by atoms with Gasteiger partial charge in [0.05, 0.1) is 5.39 Å². The van der Waals surface area contributed by atoms with Gasteiger partial charge in [-0.3, -0.25) is 4.79 Å². The van der Waals surface area contributed by atoms with Crippen LogP contribution in [0.3, 0.4) is 0 Å². The summed E-state index contributed by atoms with van der Waals surface area (Å²) >= 11 is 0. The van der Waals surface area contributed by atoms with Crippen LogP contribution in [0.25, 0.3) is 33.4 Å². The largest absolute Gasteiger partial charge is 0.573 e. The van der Waals surface area contributed by atoms with Gasteiger partial charge in [-0.2, -0.15) is 4.98 Å². The van der Waals surface area contributed by atoms with Crippen molar-refractivity contribution < 1.29 is 22.4 Å². The molecule has 0 fully saturated rings. The number of alkyl halides is 3. The van der Waals surface area contributed by atoms with Gasteiger partial charge in [-0.15, -0.1) is 18.3 Å². The first-order valence-corrected chi connectivity index (χ1v) is 9.97. The molecule has 5 rings (SSSR count). The Morgan fingerprint density at radius 2 is 1.65 bits per heavy atom. The van der Waals surface area contributed by atoms with Crippen molar-refractivity contribution in [3.8, 4) is 28.3 Å². The number of hydrogen-bond acceptors (Lipinski definition) is 7. The van der Waals surface area contributed by atoms with E-state index in [-0.39, 0.29) is 23.6 Å². The van der Waals surface area contributed by atoms with E-state index in [2.05, 4.69) is 25.2 Å². The van der Waals surface area contributed by atoms with E-state index >= 15 is 0 Å². The lowest BCUT2D eigenvalue weighted by Crippen LogP contribution is -2.25. The van der Waals surface area contributed by atoms with E-state index in [9.17, 15) is 18.0 Å². The maximum absolute atomic E-state index is 13.0. The minimum absolute atomic E-state index is 0.0741. The first-order valence-electron chi connectivity index (χ1n) is 9.97. The number of rotatable bonds is 5. The van der Waals surface area contributed by atoms with Crippen molar-refractivity contribution in [1.29, 1.82) is 0 Å². The lowest BCUT2D eigenvalue weighted by atomic mass is 10.0. The summed E-state index contributed by atoms with van der Waals surface area (Å²) in [4.78, 5) is 17.3. The molecular formula is C23H14F3N5O3. The van der Waals surface area contributed by atoms with E-state index in [0.717, 1.165) is 10.2 Å². The molecule has 170 valence electrons. The van der Waals surface area contributed by atoms with Crippen molar-refractivity contribution in [2.24, 2.45) is 0 Å². The van der Waals surface area contributed by atoms with Crippen LogP contribution in [0.2, 0.25) is 0 Å². The summed E-state index contributed by atoms with van der Waals surface area (Å²) < 4.78 is 47.4. The van der Waals surface area contributed by atoms with E-state index in [1.165, 1.54) is 24.3 Å². The predicted octanol–water partition coefficient (Wildman–Crippen LogP) is 4.46. The summed E-state index contributed by atoms with van der Waals surface area (Å²) in [5.74, 6) is 0.239. The van der Waals surface area contributed by atoms with Crippen LogP contribution >= 0.6 is 0 Å². The second kappa shape index (κ2) is 8.43. The van der Waals surface area contributed by atoms with Gasteiger partial charge in [-0.25, -0.2) is 4.68 Å². The molecule has 0 aliphatic rings. The van der Waals surface area contributed by atoms with Crippen molar-refractivity contribution in [3.63, 3.8) is 0 Å². The minimum atomic E-state index is -4.77. The van der Waals surface area contributed by atoms with Crippen LogP contribution in [0.5, 0.6) is 5.75 Å². The summed E-state index contributed by atoms with van der Waals surface area (Å²) in [6, 6.07) is 19.5. The monoisotopic (exact) mass is 465 g/mol. The normalized spacial score (nSPS) is 11.6. The van der Waals surface area contributed by atoms with E-state index in [4.69, 9.17) is 4.52 Å². The smallest absolute Gasteiger partial charge is 0.406 e. The zero-order valence-electron chi connectivity index (χ0n) is 17.2. The Kier molecular flexibility index (Phi) is 5.28. The Balaban J connectivity index is 1.43. The highest BCUT2D eigenvalue weighted by molar-refractivity contribution is 5.83. The SMILES string of the molecule is O=c1c2cc(-c3ccc(OC(F)(F)F)cc3)ccc2nnn1Cc1nc(-c2ccccc2)no1. The summed E-state index contributed by atoms with van der Waals surface area (Å²) in [5, 5.41) is 12.2. The summed E-state index contributed by atoms with van der Waals surface area (Å²) in [5.41, 5.74) is 1.93. The highest BCUT2D eigenvalue weighted by Gasteiger charge is 2.31. The molecule has 0 N–H and O–H groups in total. The first-order chi connectivity index (χ1) is 16.4. The Morgan fingerprint density at radius 1 is 0.912 bits per heavy atom. The molecule has 34 heavy (non-hydrogen) atoms. The molecule has 0 spiro atoms. The fraction of sp³-hybridized carbons (Fsp3) is 0.0870. The molecule has 0 aliphatic carbocycles. The Bertz CT molecular complexity index is 1510. The number of fused-ring (bicyclic) bond motifs is 1. The highest BCUT2D eigenvalue weighted by atomic mass is 19.4. The highest BCUT2D eigenvalue weighted by Crippen LogP contribution is 2.27. The van der Waals surface area contributed by atoms with Gasteiger partial charge in [0.15, 0.2) is 0 Å². The van der Waals surface area contributed by atoms with Crippen LogP contribution in [0, 0.1) is 0 Å². The van der Waals surface area contributed by atoms with Crippen molar-refractivity contribution in [1.82, 2.24) is 25.1 Å². The third-order valence-electron chi connectivity index (χ3n) is 4.93. The molecule has 5 aromatic rings. The van der Waals surface area contributed by atoms with Gasteiger partial charge < -0.3 is 9.26 Å². The van der Waals surface area contributed by atoms with Gasteiger partial charge in [-0.05, 0) is 35.4 Å². The molecule has 0 atom stereocenters. The van der Waals surface area contributed by atoms with Crippen molar-refractivity contribution in [2.45, 2.75) is 12.9 Å². The van der Waals surface area contributed by atoms with Gasteiger partial charge >= 0.3 is 6.36 Å². The average Bonchev–Trinajstić information content (AvgIpc) is 3.29. The molecule has 0 saturated heterocycles. The molecule has 0 saturated carbocycles. The van der Waals surface area contributed by atoms with Gasteiger partial charge in [0.1, 0.15) is 17.8 Å². The maximum atomic E-state index is 13.0. The van der Waals surface area contributed by atoms with E-state index in [1.807, 2.05) is 30.3 Å². The second-order valence-electron chi connectivity index (χ2n) is 7.23. The van der Waals surface area contributed by atoms with Gasteiger partial charge in [-0.1, -0.05) is 58.9 Å². The number of nitrogens with zero attached hydrogens (tertiary/aromatic N) is 5. The van der Waals surface area contributed by atoms with Gasteiger partial charge in [0.2, 0.25) is 11.7 Å². The van der Waals surface area contributed by atoms with E-state index in [1.54, 1.807) is 18.2 Å². The summed E-state index contributed by atoms with van der Waals surface area (Å²) in [6.45, 7) is -0.0741. The van der Waals surface area contributed by atoms with Gasteiger partial charge in [0.25, 0.3) is 5.56 Å². The van der Waals surface area contributed by atoms with Crippen LogP contribution in [-0.4, -0.2) is 31.5 Å². The Hall–Kier alpha value is -4.54. The van der Waals surface area contributed by atoms with Crippen LogP contribution in [0.4, 0.5) is 13.2 Å². The van der Waals surface area contributed by atoms with Crippen LogP contribution in [-0.2, 0) is 6.54 Å². The second-order valence-corrected chi connectivity index (χ2v) is 7.23. The van der Waals surface area contributed by atoms with Crippen molar-refractivity contribution in [2.75, 3.05) is 0 Å². The quantitative estimate of drug-likeness (QED) is 0.378. The first kappa shape index (κ1) is 21.3. The minimum Gasteiger partial charge on any atom is -0.406 e. The molecule has 0 radical (unpaired) electrons. The number of ether oxygens (including phenoxy) is 1. The number of aromatic nitrogens is 5. The predicted molar refractivity (Wildman–Crippen MR) is 115 cm³/mol. The lowest BCUT2D eigenvalue weighted by Gasteiger charge is -2.09. The molecule has 2 heterocycles. The van der Waals surface area contributed by atoms with Crippen molar-refractivity contribution in [3.05, 3.63) is 89.0 Å². The number of halogens is 3. The van der Waals surface area contributed by atoms with Crippen LogP contribution < -0.4 is 10.3 Å². The summed E-state index contributed by atoms with van der Waals surface area (Å²) in [6.07, 6.45) is -4.77. The van der Waals surface area contributed by atoms with Crippen molar-refractivity contribution >= 4 is 10.9 Å². The zero-order valence-corrected chi connectivity index (χ0v) is 17.2. The Labute approximate surface area is 189 Å². The van der Waals surface area contributed by atoms with Crippen LogP contribution in [0.1, 0.15) is 5.89 Å². The number of hydrogen-bond donors (Lipinski definition) is 0. The molecule has 0 unspecified atom stereocenters. The fourth-order valence-electron chi connectivity index (χ4n) is 3.36. The molecule has 0 amide bonds. The molecule has 8 nitrogen and oxygen atoms in total. The average molecular weight is 465 g/mol. The summed E-state index contributed by atoms with van der Waals surface area (Å²) in [7, 11) is 0. The third kappa shape index (κ3) is 4.49. The van der Waals surface area contributed by atoms with Gasteiger partial charge in [0, 0.05) is 5.56 Å². The molecule has 0 bridgehead atoms. The number of benzene rings is 3. The standard InChI is InChI=1S/C23H14F3N5O3/c24-23(25,26)33-17-9-6-14(7-10-17)16-8-11-19-18(12-16)22(32)31(30-28-19)13-20-27-21(29-34-20)15-4-2-1-3-5-15/h1-12H,13H2. The lowest BCUT2D eigenvalue weighted by molar-refractivity contribution is -0.274. The van der Waals surface area contributed by atoms with Crippen LogP contribution in [0.15, 0.2) is 82.1 Å². The molecule has 11 heteroatoms. The zero-order chi connectivity index (χ0) is 23.7. The molecular weight excluding hydrogens is 451 g/mol. The third-order valence-corrected chi connectivity index (χ3v) is 4.93. The van der Waals surface area contributed by atoms with E-state index in [0.29, 0.717) is 22.5 Å². The maximum Gasteiger partial charge on any atom is 0.573 e. The molecule has 0 aliphatic heterocycles.